The van der Waals surface area contributed by atoms with Crippen molar-refractivity contribution in [3.63, 3.8) is 0 Å². The van der Waals surface area contributed by atoms with Gasteiger partial charge < -0.3 is 10.6 Å². The van der Waals surface area contributed by atoms with Crippen molar-refractivity contribution in [3.05, 3.63) is 35.9 Å². The van der Waals surface area contributed by atoms with Crippen molar-refractivity contribution in [1.82, 2.24) is 4.90 Å². The number of benzene rings is 1. The van der Waals surface area contributed by atoms with E-state index in [1.54, 1.807) is 0 Å². The third kappa shape index (κ3) is 2.80. The summed E-state index contributed by atoms with van der Waals surface area (Å²) in [4.78, 5) is 1.52. The molecule has 0 atom stereocenters. The monoisotopic (exact) mass is 208 g/mol. The number of rotatable bonds is 3. The highest BCUT2D eigenvalue weighted by Gasteiger charge is 2.19. The summed E-state index contributed by atoms with van der Waals surface area (Å²) in [7, 11) is 0. The molecule has 0 radical (unpaired) electrons. The summed E-state index contributed by atoms with van der Waals surface area (Å²) in [6.07, 6.45) is 1.67. The standard InChI is InChI=1S/C13H20N2/c14-8-11-15-9-6-13(7-10-15)12-4-2-1-3-5-12/h1-5,13H,6-11,14H2/i8D2,11D2. The van der Waals surface area contributed by atoms with Gasteiger partial charge in [-0.1, -0.05) is 30.3 Å². The molecular formula is C13H20N2. The second-order valence-electron chi connectivity index (χ2n) is 3.93. The molecule has 1 saturated heterocycles. The maximum atomic E-state index is 7.84. The topological polar surface area (TPSA) is 29.3 Å². The van der Waals surface area contributed by atoms with Crippen molar-refractivity contribution >= 4 is 0 Å². The molecule has 0 saturated carbocycles. The molecule has 1 aromatic carbocycles. The maximum Gasteiger partial charge on any atom is 0.0444 e. The maximum absolute atomic E-state index is 7.84. The van der Waals surface area contributed by atoms with Crippen LogP contribution in [0.15, 0.2) is 30.3 Å². The minimum absolute atomic E-state index is 0.428. The lowest BCUT2D eigenvalue weighted by Gasteiger charge is -2.31. The van der Waals surface area contributed by atoms with Gasteiger partial charge >= 0.3 is 0 Å². The van der Waals surface area contributed by atoms with Gasteiger partial charge in [-0.2, -0.15) is 0 Å². The molecule has 0 bridgehead atoms. The van der Waals surface area contributed by atoms with Crippen molar-refractivity contribution in [1.29, 1.82) is 0 Å². The Balaban J connectivity index is 2.00. The van der Waals surface area contributed by atoms with Gasteiger partial charge in [0.15, 0.2) is 0 Å². The van der Waals surface area contributed by atoms with E-state index in [4.69, 9.17) is 11.2 Å². The second-order valence-corrected chi connectivity index (χ2v) is 3.93. The van der Waals surface area contributed by atoms with Gasteiger partial charge in [-0.05, 0) is 37.4 Å². The predicted molar refractivity (Wildman–Crippen MR) is 63.9 cm³/mol. The van der Waals surface area contributed by atoms with E-state index in [0.29, 0.717) is 19.0 Å². The fourth-order valence-electron chi connectivity index (χ4n) is 2.14. The zero-order valence-corrected chi connectivity index (χ0v) is 8.82. The van der Waals surface area contributed by atoms with E-state index in [1.807, 2.05) is 18.2 Å². The summed E-state index contributed by atoms with van der Waals surface area (Å²) in [5.74, 6) is 0.428. The predicted octanol–water partition coefficient (Wildman–Crippen LogP) is 1.82. The van der Waals surface area contributed by atoms with E-state index < -0.39 is 13.0 Å². The molecule has 0 spiro atoms. The Morgan fingerprint density at radius 1 is 1.27 bits per heavy atom. The van der Waals surface area contributed by atoms with Gasteiger partial charge in [-0.15, -0.1) is 0 Å². The zero-order valence-electron chi connectivity index (χ0n) is 12.8. The van der Waals surface area contributed by atoms with E-state index in [-0.39, 0.29) is 0 Å². The third-order valence-corrected chi connectivity index (χ3v) is 2.99. The molecule has 15 heavy (non-hydrogen) atoms. The van der Waals surface area contributed by atoms with E-state index in [1.165, 1.54) is 10.5 Å². The molecule has 1 aliphatic heterocycles. The van der Waals surface area contributed by atoms with Crippen LogP contribution in [0.5, 0.6) is 0 Å². The molecule has 2 N–H and O–H groups in total. The van der Waals surface area contributed by atoms with Crippen LogP contribution in [0.4, 0.5) is 0 Å². The fraction of sp³-hybridized carbons (Fsp3) is 0.538. The molecule has 1 aliphatic rings. The van der Waals surface area contributed by atoms with Crippen LogP contribution in [0.2, 0.25) is 0 Å². The molecule has 1 fully saturated rings. The van der Waals surface area contributed by atoms with Crippen LogP contribution in [0.1, 0.15) is 29.8 Å². The molecule has 1 heterocycles. The number of nitrogens with two attached hydrogens (primary N) is 1. The summed E-state index contributed by atoms with van der Waals surface area (Å²) in [5, 5.41) is 0. The lowest BCUT2D eigenvalue weighted by molar-refractivity contribution is 0.218. The van der Waals surface area contributed by atoms with Gasteiger partial charge in [0.2, 0.25) is 0 Å². The number of hydrogen-bond donors (Lipinski definition) is 1. The van der Waals surface area contributed by atoms with Crippen LogP contribution in [0.25, 0.3) is 0 Å². The molecule has 0 unspecified atom stereocenters. The van der Waals surface area contributed by atoms with Crippen LogP contribution in [-0.2, 0) is 0 Å². The fourth-order valence-corrected chi connectivity index (χ4v) is 2.14. The SMILES string of the molecule is [2H]C([2H])(N)C([2H])([2H])N1CCC(c2ccccc2)CC1. The number of hydrogen-bond acceptors (Lipinski definition) is 2. The molecule has 2 heteroatoms. The largest absolute Gasteiger partial charge is 0.329 e. The van der Waals surface area contributed by atoms with Gasteiger partial charge in [0.1, 0.15) is 0 Å². The first kappa shape index (κ1) is 6.66. The Labute approximate surface area is 97.7 Å². The van der Waals surface area contributed by atoms with Crippen molar-refractivity contribution in [2.45, 2.75) is 18.8 Å². The summed E-state index contributed by atoms with van der Waals surface area (Å²) in [6.45, 7) is -3.40. The molecule has 82 valence electrons. The Hall–Kier alpha value is -0.860. The summed E-state index contributed by atoms with van der Waals surface area (Å²) >= 11 is 0. The number of nitrogens with zero attached hydrogens (tertiary/aromatic N) is 1. The summed E-state index contributed by atoms with van der Waals surface area (Å²) < 4.78 is 30.5. The van der Waals surface area contributed by atoms with Crippen molar-refractivity contribution in [2.24, 2.45) is 5.73 Å². The highest BCUT2D eigenvalue weighted by Crippen LogP contribution is 2.27. The smallest absolute Gasteiger partial charge is 0.0444 e. The summed E-state index contributed by atoms with van der Waals surface area (Å²) in [6, 6.07) is 10.2. The van der Waals surface area contributed by atoms with E-state index in [9.17, 15) is 0 Å². The second kappa shape index (κ2) is 5.29. The van der Waals surface area contributed by atoms with Gasteiger partial charge in [0, 0.05) is 18.5 Å². The van der Waals surface area contributed by atoms with Crippen molar-refractivity contribution in [3.8, 4) is 0 Å². The normalized spacial score (nSPS) is 25.1. The Morgan fingerprint density at radius 3 is 2.53 bits per heavy atom. The molecule has 2 rings (SSSR count). The first-order valence-corrected chi connectivity index (χ1v) is 5.41. The molecule has 0 aliphatic carbocycles. The Kier molecular flexibility index (Phi) is 2.35. The van der Waals surface area contributed by atoms with Gasteiger partial charge in [-0.25, -0.2) is 0 Å². The minimum Gasteiger partial charge on any atom is -0.329 e. The van der Waals surface area contributed by atoms with Gasteiger partial charge in [0.05, 0.1) is 0 Å². The highest BCUT2D eigenvalue weighted by molar-refractivity contribution is 5.19. The van der Waals surface area contributed by atoms with Crippen LogP contribution in [0, 0.1) is 0 Å². The Bertz CT molecular complexity index is 408. The lowest BCUT2D eigenvalue weighted by Crippen LogP contribution is -2.36. The number of piperidine rings is 1. The first-order valence-electron chi connectivity index (χ1n) is 7.41. The zero-order chi connectivity index (χ0) is 14.1. The van der Waals surface area contributed by atoms with E-state index in [0.717, 1.165) is 12.8 Å². The quantitative estimate of drug-likeness (QED) is 0.821. The average molecular weight is 208 g/mol. The lowest BCUT2D eigenvalue weighted by atomic mass is 9.89. The Morgan fingerprint density at radius 2 is 1.93 bits per heavy atom. The van der Waals surface area contributed by atoms with E-state index in [2.05, 4.69) is 12.1 Å². The van der Waals surface area contributed by atoms with Crippen LogP contribution < -0.4 is 5.73 Å². The van der Waals surface area contributed by atoms with Crippen molar-refractivity contribution in [2.75, 3.05) is 26.1 Å². The highest BCUT2D eigenvalue weighted by atomic mass is 15.1. The van der Waals surface area contributed by atoms with Crippen LogP contribution in [-0.4, -0.2) is 31.0 Å². The number of likely N-dealkylation sites (tertiary alicyclic amines) is 1. The molecular weight excluding hydrogens is 184 g/mol. The van der Waals surface area contributed by atoms with Crippen LogP contribution in [0.3, 0.4) is 0 Å². The molecule has 2 nitrogen and oxygen atoms in total. The first-order chi connectivity index (χ1) is 8.82. The third-order valence-electron chi connectivity index (χ3n) is 2.99. The van der Waals surface area contributed by atoms with Gasteiger partial charge in [0.25, 0.3) is 0 Å². The summed E-state index contributed by atoms with van der Waals surface area (Å²) in [5.41, 5.74) is 6.58. The molecule has 0 amide bonds. The molecule has 1 aromatic rings. The molecule has 0 aromatic heterocycles. The van der Waals surface area contributed by atoms with Gasteiger partial charge in [-0.3, -0.25) is 0 Å². The average Bonchev–Trinajstić information content (AvgIpc) is 2.39. The van der Waals surface area contributed by atoms with Crippen LogP contribution >= 0.6 is 0 Å². The minimum atomic E-state index is -2.34. The van der Waals surface area contributed by atoms with E-state index >= 15 is 0 Å². The van der Waals surface area contributed by atoms with Crippen molar-refractivity contribution < 1.29 is 5.48 Å².